The third-order valence-electron chi connectivity index (χ3n) is 3.08. The van der Waals surface area contributed by atoms with E-state index in [0.29, 0.717) is 12.8 Å². The van der Waals surface area contributed by atoms with Crippen molar-refractivity contribution in [3.63, 3.8) is 0 Å². The molecule has 0 bridgehead atoms. The van der Waals surface area contributed by atoms with Crippen molar-refractivity contribution in [1.82, 2.24) is 5.32 Å². The van der Waals surface area contributed by atoms with Gasteiger partial charge in [0.15, 0.2) is 6.10 Å². The average molecular weight is 283 g/mol. The SMILES string of the molecule is CC(C)(C)OC(=O)NC1(C(O)C(F)(F)F)CCCC1. The summed E-state index contributed by atoms with van der Waals surface area (Å²) in [6.07, 6.45) is -7.03. The van der Waals surface area contributed by atoms with Gasteiger partial charge in [0.05, 0.1) is 5.54 Å². The average Bonchev–Trinajstić information content (AvgIpc) is 2.61. The number of alkyl halides is 3. The largest absolute Gasteiger partial charge is 0.444 e. The number of aliphatic hydroxyl groups is 1. The Labute approximate surface area is 110 Å². The van der Waals surface area contributed by atoms with Crippen LogP contribution in [0.2, 0.25) is 0 Å². The smallest absolute Gasteiger partial charge is 0.416 e. The van der Waals surface area contributed by atoms with E-state index in [1.165, 1.54) is 0 Å². The highest BCUT2D eigenvalue weighted by Crippen LogP contribution is 2.39. The summed E-state index contributed by atoms with van der Waals surface area (Å²) < 4.78 is 43.0. The molecule has 0 aromatic rings. The van der Waals surface area contributed by atoms with Crippen LogP contribution in [0.4, 0.5) is 18.0 Å². The molecular formula is C12H20F3NO3. The lowest BCUT2D eigenvalue weighted by Gasteiger charge is -2.36. The van der Waals surface area contributed by atoms with Gasteiger partial charge >= 0.3 is 12.3 Å². The third-order valence-corrected chi connectivity index (χ3v) is 3.08. The summed E-state index contributed by atoms with van der Waals surface area (Å²) in [4.78, 5) is 11.6. The first-order chi connectivity index (χ1) is 8.46. The Kier molecular flexibility index (Phi) is 4.39. The molecule has 0 radical (unpaired) electrons. The van der Waals surface area contributed by atoms with Crippen LogP contribution in [0.3, 0.4) is 0 Å². The molecule has 0 saturated heterocycles. The first kappa shape index (κ1) is 16.1. The van der Waals surface area contributed by atoms with Crippen molar-refractivity contribution in [3.8, 4) is 0 Å². The van der Waals surface area contributed by atoms with Crippen molar-refractivity contribution in [1.29, 1.82) is 0 Å². The zero-order chi connectivity index (χ0) is 14.9. The number of carbonyl (C=O) groups excluding carboxylic acids is 1. The van der Waals surface area contributed by atoms with Crippen molar-refractivity contribution in [2.75, 3.05) is 0 Å². The summed E-state index contributed by atoms with van der Waals surface area (Å²) in [6, 6.07) is 0. The Hall–Kier alpha value is -0.980. The lowest BCUT2D eigenvalue weighted by atomic mass is 9.90. The fourth-order valence-electron chi connectivity index (χ4n) is 2.29. The van der Waals surface area contributed by atoms with E-state index in [0.717, 1.165) is 0 Å². The molecule has 0 heterocycles. The maximum absolute atomic E-state index is 12.7. The topological polar surface area (TPSA) is 58.6 Å². The first-order valence-corrected chi connectivity index (χ1v) is 6.22. The summed E-state index contributed by atoms with van der Waals surface area (Å²) >= 11 is 0. The second-order valence-electron chi connectivity index (χ2n) is 5.93. The van der Waals surface area contributed by atoms with Crippen molar-refractivity contribution >= 4 is 6.09 Å². The van der Waals surface area contributed by atoms with Gasteiger partial charge in [-0.05, 0) is 33.6 Å². The van der Waals surface area contributed by atoms with Gasteiger partial charge in [0.2, 0.25) is 0 Å². The van der Waals surface area contributed by atoms with E-state index in [4.69, 9.17) is 4.74 Å². The minimum Gasteiger partial charge on any atom is -0.444 e. The van der Waals surface area contributed by atoms with E-state index in [-0.39, 0.29) is 12.8 Å². The number of rotatable bonds is 2. The van der Waals surface area contributed by atoms with Gasteiger partial charge in [-0.25, -0.2) is 4.79 Å². The molecule has 1 amide bonds. The van der Waals surface area contributed by atoms with Gasteiger partial charge in [-0.2, -0.15) is 13.2 Å². The molecule has 0 aliphatic heterocycles. The highest BCUT2D eigenvalue weighted by Gasteiger charge is 2.55. The van der Waals surface area contributed by atoms with Crippen LogP contribution in [0.15, 0.2) is 0 Å². The van der Waals surface area contributed by atoms with Gasteiger partial charge in [-0.15, -0.1) is 0 Å². The maximum Gasteiger partial charge on any atom is 0.416 e. The van der Waals surface area contributed by atoms with Crippen LogP contribution in [-0.2, 0) is 4.74 Å². The van der Waals surface area contributed by atoms with Crippen molar-refractivity contribution in [2.24, 2.45) is 0 Å². The number of ether oxygens (including phenoxy) is 1. The summed E-state index contributed by atoms with van der Waals surface area (Å²) in [5, 5.41) is 11.7. The third kappa shape index (κ3) is 4.26. The van der Waals surface area contributed by atoms with E-state index in [2.05, 4.69) is 5.32 Å². The Morgan fingerprint density at radius 2 is 1.74 bits per heavy atom. The van der Waals surface area contributed by atoms with E-state index in [1.54, 1.807) is 20.8 Å². The Morgan fingerprint density at radius 3 is 2.11 bits per heavy atom. The molecule has 2 N–H and O–H groups in total. The van der Waals surface area contributed by atoms with Gasteiger partial charge in [0, 0.05) is 0 Å². The summed E-state index contributed by atoms with van der Waals surface area (Å²) in [7, 11) is 0. The fourth-order valence-corrected chi connectivity index (χ4v) is 2.29. The Bertz CT molecular complexity index is 330. The number of alkyl carbamates (subject to hydrolysis) is 1. The zero-order valence-corrected chi connectivity index (χ0v) is 11.3. The molecule has 7 heteroatoms. The van der Waals surface area contributed by atoms with Gasteiger partial charge in [0.25, 0.3) is 0 Å². The minimum absolute atomic E-state index is 0.0902. The maximum atomic E-state index is 12.7. The molecule has 4 nitrogen and oxygen atoms in total. The number of aliphatic hydroxyl groups excluding tert-OH is 1. The number of amides is 1. The zero-order valence-electron chi connectivity index (χ0n) is 11.3. The second kappa shape index (κ2) is 5.19. The van der Waals surface area contributed by atoms with Crippen LogP contribution in [0, 0.1) is 0 Å². The van der Waals surface area contributed by atoms with Crippen LogP contribution in [0.25, 0.3) is 0 Å². The Morgan fingerprint density at radius 1 is 1.26 bits per heavy atom. The minimum atomic E-state index is -4.76. The highest BCUT2D eigenvalue weighted by atomic mass is 19.4. The van der Waals surface area contributed by atoms with Crippen LogP contribution >= 0.6 is 0 Å². The van der Waals surface area contributed by atoms with Crippen molar-refractivity contribution < 1.29 is 27.8 Å². The molecule has 1 fully saturated rings. The van der Waals surface area contributed by atoms with Crippen LogP contribution in [0.5, 0.6) is 0 Å². The summed E-state index contributed by atoms with van der Waals surface area (Å²) in [6.45, 7) is 4.86. The molecular weight excluding hydrogens is 263 g/mol. The number of hydrogen-bond donors (Lipinski definition) is 2. The van der Waals surface area contributed by atoms with Gasteiger partial charge in [0.1, 0.15) is 5.60 Å². The number of hydrogen-bond acceptors (Lipinski definition) is 3. The molecule has 1 atom stereocenters. The molecule has 1 aliphatic carbocycles. The van der Waals surface area contributed by atoms with Crippen molar-refractivity contribution in [3.05, 3.63) is 0 Å². The van der Waals surface area contributed by atoms with E-state index < -0.39 is 29.5 Å². The summed E-state index contributed by atoms with van der Waals surface area (Å²) in [5.74, 6) is 0. The lowest BCUT2D eigenvalue weighted by molar-refractivity contribution is -0.226. The predicted molar refractivity (Wildman–Crippen MR) is 62.6 cm³/mol. The van der Waals surface area contributed by atoms with Gasteiger partial charge in [-0.1, -0.05) is 12.8 Å². The molecule has 1 unspecified atom stereocenters. The number of carbonyl (C=O) groups is 1. The standard InChI is InChI=1S/C12H20F3NO3/c1-10(2,3)19-9(18)16-11(6-4-5-7-11)8(17)12(13,14)15/h8,17H,4-7H2,1-3H3,(H,16,18). The van der Waals surface area contributed by atoms with E-state index in [9.17, 15) is 23.1 Å². The summed E-state index contributed by atoms with van der Waals surface area (Å²) in [5.41, 5.74) is -2.46. The quantitative estimate of drug-likeness (QED) is 0.819. The molecule has 1 rings (SSSR count). The molecule has 0 spiro atoms. The van der Waals surface area contributed by atoms with Crippen molar-refractivity contribution in [2.45, 2.75) is 69.9 Å². The van der Waals surface area contributed by atoms with E-state index >= 15 is 0 Å². The Balaban J connectivity index is 2.81. The van der Waals surface area contributed by atoms with Gasteiger partial charge in [-0.3, -0.25) is 0 Å². The molecule has 0 aromatic heterocycles. The number of nitrogens with one attached hydrogen (secondary N) is 1. The fraction of sp³-hybridized carbons (Fsp3) is 0.917. The van der Waals surface area contributed by atoms with E-state index in [1.807, 2.05) is 0 Å². The molecule has 1 aliphatic rings. The first-order valence-electron chi connectivity index (χ1n) is 6.22. The monoisotopic (exact) mass is 283 g/mol. The predicted octanol–water partition coefficient (Wildman–Crippen LogP) is 2.75. The lowest BCUT2D eigenvalue weighted by Crippen LogP contribution is -2.60. The van der Waals surface area contributed by atoms with Gasteiger partial charge < -0.3 is 15.2 Å². The molecule has 1 saturated carbocycles. The number of halogens is 3. The molecule has 19 heavy (non-hydrogen) atoms. The van der Waals surface area contributed by atoms with Crippen LogP contribution < -0.4 is 5.32 Å². The molecule has 0 aromatic carbocycles. The van der Waals surface area contributed by atoms with Crippen LogP contribution in [-0.4, -0.2) is 34.6 Å². The normalized spacial score (nSPS) is 21.0. The highest BCUT2D eigenvalue weighted by molar-refractivity contribution is 5.69. The second-order valence-corrected chi connectivity index (χ2v) is 5.93. The van der Waals surface area contributed by atoms with Crippen LogP contribution in [0.1, 0.15) is 46.5 Å². The molecule has 112 valence electrons.